The number of hydrogen-bond acceptors (Lipinski definition) is 3. The van der Waals surface area contributed by atoms with Crippen LogP contribution in [0.25, 0.3) is 0 Å². The van der Waals surface area contributed by atoms with Crippen molar-refractivity contribution in [3.63, 3.8) is 0 Å². The fourth-order valence-corrected chi connectivity index (χ4v) is 1.35. The zero-order valence-corrected chi connectivity index (χ0v) is 9.33. The molecule has 3 nitrogen and oxygen atoms in total. The number of hydrogen-bond donors (Lipinski definition) is 1. The average molecular weight is 203 g/mol. The molecule has 0 fully saturated rings. The van der Waals surface area contributed by atoms with Crippen molar-refractivity contribution in [1.29, 1.82) is 5.26 Å². The molecule has 15 heavy (non-hydrogen) atoms. The zero-order chi connectivity index (χ0) is 11.1. The maximum atomic E-state index is 8.83. The molecule has 0 amide bonds. The van der Waals surface area contributed by atoms with Crippen molar-refractivity contribution in [2.75, 3.05) is 11.9 Å². The minimum Gasteiger partial charge on any atom is -0.369 e. The quantitative estimate of drug-likeness (QED) is 0.748. The highest BCUT2D eigenvalue weighted by Crippen LogP contribution is 2.10. The molecule has 1 rings (SSSR count). The first-order chi connectivity index (χ1) is 7.24. The van der Waals surface area contributed by atoms with Crippen LogP contribution in [0.1, 0.15) is 32.3 Å². The second-order valence-electron chi connectivity index (χ2n) is 3.97. The molecule has 0 bridgehead atoms. The van der Waals surface area contributed by atoms with E-state index in [-0.39, 0.29) is 0 Å². The summed E-state index contributed by atoms with van der Waals surface area (Å²) in [5, 5.41) is 12.0. The molecule has 0 unspecified atom stereocenters. The van der Waals surface area contributed by atoms with Crippen molar-refractivity contribution in [2.24, 2.45) is 5.92 Å². The number of nitriles is 1. The molecule has 1 heterocycles. The van der Waals surface area contributed by atoms with E-state index >= 15 is 0 Å². The maximum Gasteiger partial charge on any atom is 0.143 e. The summed E-state index contributed by atoms with van der Waals surface area (Å²) in [7, 11) is 0. The van der Waals surface area contributed by atoms with E-state index in [1.54, 1.807) is 18.3 Å². The monoisotopic (exact) mass is 203 g/mol. The van der Waals surface area contributed by atoms with E-state index in [0.717, 1.165) is 18.9 Å². The second kappa shape index (κ2) is 6.02. The summed E-state index contributed by atoms with van der Waals surface area (Å²) >= 11 is 0. The first-order valence-electron chi connectivity index (χ1n) is 5.33. The normalized spacial score (nSPS) is 10.0. The average Bonchev–Trinajstić information content (AvgIpc) is 2.24. The Morgan fingerprint density at radius 3 is 3.00 bits per heavy atom. The van der Waals surface area contributed by atoms with Gasteiger partial charge in [-0.3, -0.25) is 0 Å². The van der Waals surface area contributed by atoms with Crippen molar-refractivity contribution < 1.29 is 0 Å². The van der Waals surface area contributed by atoms with E-state index in [0.29, 0.717) is 11.4 Å². The number of rotatable bonds is 5. The minimum atomic E-state index is 0.613. The third-order valence-electron chi connectivity index (χ3n) is 2.18. The highest BCUT2D eigenvalue weighted by molar-refractivity contribution is 5.50. The molecule has 0 atom stereocenters. The molecule has 1 aromatic heterocycles. The number of aromatic nitrogens is 1. The van der Waals surface area contributed by atoms with Gasteiger partial charge in [-0.2, -0.15) is 5.26 Å². The molecule has 0 aliphatic carbocycles. The van der Waals surface area contributed by atoms with Crippen LogP contribution in [0.5, 0.6) is 0 Å². The maximum absolute atomic E-state index is 8.83. The Hall–Kier alpha value is -1.56. The van der Waals surface area contributed by atoms with Gasteiger partial charge in [-0.25, -0.2) is 4.98 Å². The number of nitrogens with one attached hydrogen (secondary N) is 1. The van der Waals surface area contributed by atoms with Gasteiger partial charge in [-0.05, 0) is 30.9 Å². The Balaban J connectivity index is 2.41. The lowest BCUT2D eigenvalue weighted by Gasteiger charge is -2.07. The van der Waals surface area contributed by atoms with Gasteiger partial charge in [-0.15, -0.1) is 0 Å². The van der Waals surface area contributed by atoms with E-state index in [2.05, 4.69) is 30.2 Å². The van der Waals surface area contributed by atoms with Crippen LogP contribution in [0.4, 0.5) is 5.82 Å². The van der Waals surface area contributed by atoms with Crippen molar-refractivity contribution >= 4 is 5.82 Å². The topological polar surface area (TPSA) is 48.7 Å². The third-order valence-corrected chi connectivity index (χ3v) is 2.18. The summed E-state index contributed by atoms with van der Waals surface area (Å²) in [6, 6.07) is 5.67. The molecular weight excluding hydrogens is 186 g/mol. The molecule has 0 saturated heterocycles. The van der Waals surface area contributed by atoms with Gasteiger partial charge in [0.25, 0.3) is 0 Å². The third kappa shape index (κ3) is 3.99. The minimum absolute atomic E-state index is 0.613. The van der Waals surface area contributed by atoms with E-state index in [1.165, 1.54) is 6.42 Å². The fourth-order valence-electron chi connectivity index (χ4n) is 1.35. The molecule has 0 saturated carbocycles. The van der Waals surface area contributed by atoms with Crippen LogP contribution in [0.15, 0.2) is 18.3 Å². The van der Waals surface area contributed by atoms with Gasteiger partial charge in [0.2, 0.25) is 0 Å². The lowest BCUT2D eigenvalue weighted by atomic mass is 10.1. The predicted molar refractivity (Wildman–Crippen MR) is 61.5 cm³/mol. The van der Waals surface area contributed by atoms with Crippen LogP contribution < -0.4 is 5.32 Å². The Morgan fingerprint density at radius 1 is 1.53 bits per heavy atom. The molecule has 0 aliphatic rings. The van der Waals surface area contributed by atoms with E-state index in [1.807, 2.05) is 0 Å². The Morgan fingerprint density at radius 2 is 2.33 bits per heavy atom. The first kappa shape index (κ1) is 11.5. The van der Waals surface area contributed by atoms with Crippen LogP contribution in [0.3, 0.4) is 0 Å². The van der Waals surface area contributed by atoms with E-state index in [4.69, 9.17) is 5.26 Å². The fraction of sp³-hybridized carbons (Fsp3) is 0.500. The molecule has 0 spiro atoms. The van der Waals surface area contributed by atoms with Gasteiger partial charge in [0, 0.05) is 12.7 Å². The molecule has 0 aromatic carbocycles. The first-order valence-corrected chi connectivity index (χ1v) is 5.33. The highest BCUT2D eigenvalue weighted by atomic mass is 15.0. The summed E-state index contributed by atoms with van der Waals surface area (Å²) in [5.74, 6) is 1.43. The molecule has 0 aliphatic heterocycles. The molecule has 1 N–H and O–H groups in total. The molecule has 3 heteroatoms. The molecule has 80 valence electrons. The molecular formula is C12H17N3. The molecule has 0 radical (unpaired) electrons. The van der Waals surface area contributed by atoms with Crippen LogP contribution >= 0.6 is 0 Å². The largest absolute Gasteiger partial charge is 0.369 e. The lowest BCUT2D eigenvalue weighted by molar-refractivity contribution is 0.566. The smallest absolute Gasteiger partial charge is 0.143 e. The van der Waals surface area contributed by atoms with Gasteiger partial charge in [0.05, 0.1) is 5.56 Å². The summed E-state index contributed by atoms with van der Waals surface area (Å²) in [5.41, 5.74) is 0.613. The van der Waals surface area contributed by atoms with Crippen LogP contribution in [-0.4, -0.2) is 11.5 Å². The zero-order valence-electron chi connectivity index (χ0n) is 9.33. The van der Waals surface area contributed by atoms with Gasteiger partial charge < -0.3 is 5.32 Å². The predicted octanol–water partition coefficient (Wildman–Crippen LogP) is 2.80. The summed E-state index contributed by atoms with van der Waals surface area (Å²) in [4.78, 5) is 4.13. The second-order valence-corrected chi connectivity index (χ2v) is 3.97. The van der Waals surface area contributed by atoms with E-state index < -0.39 is 0 Å². The Bertz CT molecular complexity index is 339. The van der Waals surface area contributed by atoms with Crippen LogP contribution in [0, 0.1) is 17.2 Å². The van der Waals surface area contributed by atoms with Crippen molar-refractivity contribution in [3.8, 4) is 6.07 Å². The summed E-state index contributed by atoms with van der Waals surface area (Å²) < 4.78 is 0. The van der Waals surface area contributed by atoms with Gasteiger partial charge in [0.15, 0.2) is 0 Å². The standard InChI is InChI=1S/C12H17N3/c1-10(2)5-3-7-14-12-11(9-13)6-4-8-15-12/h4,6,8,10H,3,5,7H2,1-2H3,(H,14,15). The summed E-state index contributed by atoms with van der Waals surface area (Å²) in [6.45, 7) is 5.30. The van der Waals surface area contributed by atoms with Crippen molar-refractivity contribution in [1.82, 2.24) is 4.98 Å². The SMILES string of the molecule is CC(C)CCCNc1ncccc1C#N. The van der Waals surface area contributed by atoms with Crippen LogP contribution in [-0.2, 0) is 0 Å². The van der Waals surface area contributed by atoms with Crippen LogP contribution in [0.2, 0.25) is 0 Å². The van der Waals surface area contributed by atoms with Crippen molar-refractivity contribution in [3.05, 3.63) is 23.9 Å². The molecule has 1 aromatic rings. The van der Waals surface area contributed by atoms with Gasteiger partial charge >= 0.3 is 0 Å². The van der Waals surface area contributed by atoms with Gasteiger partial charge in [-0.1, -0.05) is 13.8 Å². The lowest BCUT2D eigenvalue weighted by Crippen LogP contribution is -2.05. The Kier molecular flexibility index (Phi) is 4.62. The number of pyridine rings is 1. The summed E-state index contributed by atoms with van der Waals surface area (Å²) in [6.07, 6.45) is 4.01. The number of anilines is 1. The van der Waals surface area contributed by atoms with Gasteiger partial charge in [0.1, 0.15) is 11.9 Å². The van der Waals surface area contributed by atoms with Crippen molar-refractivity contribution in [2.45, 2.75) is 26.7 Å². The highest BCUT2D eigenvalue weighted by Gasteiger charge is 2.00. The Labute approximate surface area is 91.1 Å². The van der Waals surface area contributed by atoms with E-state index in [9.17, 15) is 0 Å². The number of nitrogens with zero attached hydrogens (tertiary/aromatic N) is 2.